The van der Waals surface area contributed by atoms with Crippen molar-refractivity contribution in [2.45, 2.75) is 12.6 Å². The first-order valence-electron chi connectivity index (χ1n) is 7.18. The molecule has 0 spiro atoms. The molecule has 3 rings (SSSR count). The van der Waals surface area contributed by atoms with Gasteiger partial charge in [-0.15, -0.1) is 0 Å². The molecule has 1 aromatic heterocycles. The van der Waals surface area contributed by atoms with E-state index in [-0.39, 0.29) is 12.1 Å². The highest BCUT2D eigenvalue weighted by Gasteiger charge is 2.64. The minimum absolute atomic E-state index is 0.163. The Hall–Kier alpha value is -2.64. The first kappa shape index (κ1) is 16.2. The van der Waals surface area contributed by atoms with Gasteiger partial charge in [-0.3, -0.25) is 14.6 Å². The third kappa shape index (κ3) is 2.38. The molecule has 0 aliphatic carbocycles. The Morgan fingerprint density at radius 3 is 2.54 bits per heavy atom. The van der Waals surface area contributed by atoms with Gasteiger partial charge < -0.3 is 10.0 Å². The summed E-state index contributed by atoms with van der Waals surface area (Å²) >= 11 is 0. The Morgan fingerprint density at radius 2 is 1.92 bits per heavy atom. The van der Waals surface area contributed by atoms with E-state index in [0.717, 1.165) is 4.90 Å². The van der Waals surface area contributed by atoms with Gasteiger partial charge in [0.25, 0.3) is 5.91 Å². The number of likely N-dealkylation sites (tertiary alicyclic amines) is 1. The molecule has 1 fully saturated rings. The number of nitrogens with zero attached hydrogens (tertiary/aromatic N) is 2. The second kappa shape index (κ2) is 5.47. The summed E-state index contributed by atoms with van der Waals surface area (Å²) in [5, 5.41) is 10.3. The standard InChI is InChI=1S/C16H13F3N2O3/c17-16(18,19)15(14(23)24)5-6-21(9-15)13(22)12-8-20-7-10-3-1-2-4-11(10)12/h1-4,7-8H,5-6,9H2,(H,23,24)/t15-/m0/s1. The summed E-state index contributed by atoms with van der Waals surface area (Å²) in [6.45, 7) is -1.16. The number of alkyl halides is 3. The highest BCUT2D eigenvalue weighted by atomic mass is 19.4. The predicted octanol–water partition coefficient (Wildman–Crippen LogP) is 2.71. The molecule has 5 nitrogen and oxygen atoms in total. The number of rotatable bonds is 2. The molecule has 0 radical (unpaired) electrons. The van der Waals surface area contributed by atoms with Crippen molar-refractivity contribution in [3.8, 4) is 0 Å². The quantitative estimate of drug-likeness (QED) is 0.914. The summed E-state index contributed by atoms with van der Waals surface area (Å²) in [5.41, 5.74) is -2.75. The molecule has 1 aliphatic heterocycles. The maximum atomic E-state index is 13.2. The van der Waals surface area contributed by atoms with Gasteiger partial charge in [0.15, 0.2) is 5.41 Å². The van der Waals surface area contributed by atoms with Crippen molar-refractivity contribution in [2.24, 2.45) is 5.41 Å². The summed E-state index contributed by atoms with van der Waals surface area (Å²) in [4.78, 5) is 28.7. The zero-order valence-electron chi connectivity index (χ0n) is 12.4. The number of aromatic nitrogens is 1. The number of benzene rings is 1. The molecule has 0 bridgehead atoms. The number of fused-ring (bicyclic) bond motifs is 1. The molecule has 1 aliphatic rings. The zero-order chi connectivity index (χ0) is 17.5. The number of carbonyl (C=O) groups excluding carboxylic acids is 1. The van der Waals surface area contributed by atoms with Crippen molar-refractivity contribution in [1.82, 2.24) is 9.88 Å². The van der Waals surface area contributed by atoms with Crippen LogP contribution in [-0.4, -0.2) is 46.1 Å². The Labute approximate surface area is 134 Å². The molecule has 8 heteroatoms. The van der Waals surface area contributed by atoms with E-state index in [0.29, 0.717) is 10.8 Å². The number of carbonyl (C=O) groups is 2. The van der Waals surface area contributed by atoms with E-state index in [9.17, 15) is 22.8 Å². The van der Waals surface area contributed by atoms with E-state index >= 15 is 0 Å². The normalized spacial score (nSPS) is 21.2. The fourth-order valence-electron chi connectivity index (χ4n) is 2.97. The highest BCUT2D eigenvalue weighted by Crippen LogP contribution is 2.46. The second-order valence-electron chi connectivity index (χ2n) is 5.77. The average Bonchev–Trinajstić information content (AvgIpc) is 3.00. The van der Waals surface area contributed by atoms with Gasteiger partial charge in [-0.25, -0.2) is 0 Å². The van der Waals surface area contributed by atoms with Crippen molar-refractivity contribution in [3.63, 3.8) is 0 Å². The van der Waals surface area contributed by atoms with Gasteiger partial charge >= 0.3 is 12.1 Å². The minimum atomic E-state index is -4.93. The van der Waals surface area contributed by atoms with Crippen LogP contribution in [0.2, 0.25) is 0 Å². The Morgan fingerprint density at radius 1 is 1.21 bits per heavy atom. The maximum absolute atomic E-state index is 13.2. The topological polar surface area (TPSA) is 70.5 Å². The van der Waals surface area contributed by atoms with Crippen molar-refractivity contribution < 1.29 is 27.9 Å². The third-order valence-corrected chi connectivity index (χ3v) is 4.41. The molecule has 1 amide bonds. The zero-order valence-corrected chi connectivity index (χ0v) is 12.4. The molecule has 24 heavy (non-hydrogen) atoms. The molecule has 2 heterocycles. The van der Waals surface area contributed by atoms with Crippen molar-refractivity contribution >= 4 is 22.6 Å². The molecule has 0 saturated carbocycles. The molecule has 1 saturated heterocycles. The van der Waals surface area contributed by atoms with E-state index < -0.39 is 36.4 Å². The van der Waals surface area contributed by atoms with Crippen LogP contribution in [0.4, 0.5) is 13.2 Å². The van der Waals surface area contributed by atoms with E-state index in [1.54, 1.807) is 30.5 Å². The van der Waals surface area contributed by atoms with E-state index in [4.69, 9.17) is 5.11 Å². The smallest absolute Gasteiger partial charge is 0.406 e. The number of aliphatic carboxylic acids is 1. The van der Waals surface area contributed by atoms with E-state index in [2.05, 4.69) is 4.98 Å². The van der Waals surface area contributed by atoms with Gasteiger partial charge in [-0.1, -0.05) is 24.3 Å². The number of carboxylic acids is 1. The Bertz CT molecular complexity index is 816. The number of hydrogen-bond acceptors (Lipinski definition) is 3. The van der Waals surface area contributed by atoms with Crippen LogP contribution in [0.25, 0.3) is 10.8 Å². The van der Waals surface area contributed by atoms with Gasteiger partial charge in [-0.05, 0) is 11.8 Å². The largest absolute Gasteiger partial charge is 0.481 e. The van der Waals surface area contributed by atoms with Crippen LogP contribution in [-0.2, 0) is 4.79 Å². The van der Waals surface area contributed by atoms with Crippen LogP contribution < -0.4 is 0 Å². The van der Waals surface area contributed by atoms with Crippen LogP contribution in [0.5, 0.6) is 0 Å². The van der Waals surface area contributed by atoms with E-state index in [1.165, 1.54) is 6.20 Å². The van der Waals surface area contributed by atoms with Crippen molar-refractivity contribution in [1.29, 1.82) is 0 Å². The van der Waals surface area contributed by atoms with Crippen molar-refractivity contribution in [2.75, 3.05) is 13.1 Å². The average molecular weight is 338 g/mol. The monoisotopic (exact) mass is 338 g/mol. The van der Waals surface area contributed by atoms with E-state index in [1.807, 2.05) is 0 Å². The van der Waals surface area contributed by atoms with Crippen LogP contribution in [0.15, 0.2) is 36.7 Å². The Balaban J connectivity index is 1.96. The molecular weight excluding hydrogens is 325 g/mol. The van der Waals surface area contributed by atoms with Crippen LogP contribution in [0.3, 0.4) is 0 Å². The van der Waals surface area contributed by atoms with Gasteiger partial charge in [0.05, 0.1) is 5.56 Å². The highest BCUT2D eigenvalue weighted by molar-refractivity contribution is 6.06. The molecule has 0 unspecified atom stereocenters. The molecule has 1 atom stereocenters. The summed E-state index contributed by atoms with van der Waals surface area (Å²) in [6, 6.07) is 6.88. The number of amides is 1. The molecule has 1 N–H and O–H groups in total. The van der Waals surface area contributed by atoms with Gasteiger partial charge in [0, 0.05) is 30.9 Å². The SMILES string of the molecule is O=C(c1cncc2ccccc12)N1CC[C@](C(=O)O)(C(F)(F)F)C1. The molecular formula is C16H13F3N2O3. The molecule has 126 valence electrons. The minimum Gasteiger partial charge on any atom is -0.481 e. The van der Waals surface area contributed by atoms with Crippen LogP contribution in [0.1, 0.15) is 16.8 Å². The number of hydrogen-bond donors (Lipinski definition) is 1. The summed E-state index contributed by atoms with van der Waals surface area (Å²) in [5.74, 6) is -2.60. The maximum Gasteiger partial charge on any atom is 0.406 e. The van der Waals surface area contributed by atoms with Gasteiger partial charge in [0.2, 0.25) is 0 Å². The second-order valence-corrected chi connectivity index (χ2v) is 5.77. The Kier molecular flexibility index (Phi) is 3.70. The van der Waals surface area contributed by atoms with Gasteiger partial charge in [0.1, 0.15) is 0 Å². The molecule has 2 aromatic rings. The van der Waals surface area contributed by atoms with Gasteiger partial charge in [-0.2, -0.15) is 13.2 Å². The first-order chi connectivity index (χ1) is 11.3. The summed E-state index contributed by atoms with van der Waals surface area (Å²) < 4.78 is 39.7. The lowest BCUT2D eigenvalue weighted by Crippen LogP contribution is -2.47. The lowest BCUT2D eigenvalue weighted by atomic mass is 9.86. The number of pyridine rings is 1. The lowest BCUT2D eigenvalue weighted by molar-refractivity contribution is -0.227. The summed E-state index contributed by atoms with van der Waals surface area (Å²) in [6.07, 6.45) is -2.74. The lowest BCUT2D eigenvalue weighted by Gasteiger charge is -2.27. The fraction of sp³-hybridized carbons (Fsp3) is 0.312. The first-order valence-corrected chi connectivity index (χ1v) is 7.18. The molecule has 1 aromatic carbocycles. The summed E-state index contributed by atoms with van der Waals surface area (Å²) in [7, 11) is 0. The third-order valence-electron chi connectivity index (χ3n) is 4.41. The predicted molar refractivity (Wildman–Crippen MR) is 78.4 cm³/mol. The van der Waals surface area contributed by atoms with Crippen LogP contribution in [0, 0.1) is 5.41 Å². The van der Waals surface area contributed by atoms with Crippen molar-refractivity contribution in [3.05, 3.63) is 42.2 Å². The van der Waals surface area contributed by atoms with Crippen LogP contribution >= 0.6 is 0 Å². The number of carboxylic acid groups (broad SMARTS) is 1. The fourth-order valence-corrected chi connectivity index (χ4v) is 2.97. The number of halogens is 3.